The maximum absolute atomic E-state index is 13.7. The average Bonchev–Trinajstić information content (AvgIpc) is 2.55. The van der Waals surface area contributed by atoms with E-state index in [9.17, 15) is 8.78 Å². The van der Waals surface area contributed by atoms with Crippen LogP contribution < -0.4 is 0 Å². The van der Waals surface area contributed by atoms with E-state index >= 15 is 0 Å². The van der Waals surface area contributed by atoms with Gasteiger partial charge in [-0.3, -0.25) is 10.4 Å². The van der Waals surface area contributed by atoms with Crippen molar-refractivity contribution in [1.82, 2.24) is 4.98 Å². The Morgan fingerprint density at radius 1 is 1.22 bits per heavy atom. The Hall–Kier alpha value is -1.98. The number of rotatable bonds is 2. The Bertz CT molecular complexity index is 957. The lowest BCUT2D eigenvalue weighted by molar-refractivity contribution is 0.515. The van der Waals surface area contributed by atoms with E-state index in [4.69, 9.17) is 17.0 Å². The molecule has 0 atom stereocenters. The number of fused-ring (bicyclic) bond motifs is 1. The first kappa shape index (κ1) is 15.9. The first-order valence-corrected chi connectivity index (χ1v) is 7.53. The summed E-state index contributed by atoms with van der Waals surface area (Å²) in [6.07, 6.45) is 1.35. The molecule has 0 bridgehead atoms. The summed E-state index contributed by atoms with van der Waals surface area (Å²) in [7, 11) is 0. The molecule has 1 heterocycles. The molecule has 3 aromatic rings. The number of nitrogens with zero attached hydrogens (tertiary/aromatic N) is 1. The van der Waals surface area contributed by atoms with Gasteiger partial charge >= 0.3 is 0 Å². The number of hydrogen-bond donors (Lipinski definition) is 2. The molecule has 0 aliphatic carbocycles. The lowest BCUT2D eigenvalue weighted by atomic mass is 10.0. The fourth-order valence-corrected chi connectivity index (χ4v) is 2.84. The Morgan fingerprint density at radius 3 is 2.70 bits per heavy atom. The number of benzene rings is 2. The number of hydrogen-bond acceptors (Lipinski definition) is 3. The molecule has 0 aliphatic rings. The molecular weight excluding hydrogens is 338 g/mol. The van der Waals surface area contributed by atoms with Crippen LogP contribution in [0, 0.1) is 24.0 Å². The molecule has 2 nitrogen and oxygen atoms in total. The third-order valence-electron chi connectivity index (χ3n) is 3.67. The van der Waals surface area contributed by atoms with Gasteiger partial charge in [-0.25, -0.2) is 8.78 Å². The van der Waals surface area contributed by atoms with Gasteiger partial charge in [0, 0.05) is 32.6 Å². The highest BCUT2D eigenvalue weighted by molar-refractivity contribution is 7.80. The van der Waals surface area contributed by atoms with E-state index in [0.29, 0.717) is 26.4 Å². The molecule has 1 N–H and O–H groups in total. The van der Waals surface area contributed by atoms with Crippen LogP contribution in [0.4, 0.5) is 8.78 Å². The zero-order valence-corrected chi connectivity index (χ0v) is 13.6. The van der Waals surface area contributed by atoms with Crippen LogP contribution in [0.2, 0.25) is 5.02 Å². The fourth-order valence-electron chi connectivity index (χ4n) is 2.31. The molecule has 0 radical (unpaired) electrons. The van der Waals surface area contributed by atoms with E-state index in [1.165, 1.54) is 12.3 Å². The standard InChI is InChI=1S/C17H11ClF2N2S/c1-8-12(18)4-3-11(17(8)23)15(21)10-6-9-2-5-13(19)14(20)16(9)22-7-10/h2-7,21,23H,1H3. The van der Waals surface area contributed by atoms with Gasteiger partial charge in [0.15, 0.2) is 11.6 Å². The van der Waals surface area contributed by atoms with Crippen molar-refractivity contribution in [3.8, 4) is 0 Å². The molecule has 0 fully saturated rings. The van der Waals surface area contributed by atoms with Crippen LogP contribution in [-0.2, 0) is 0 Å². The molecule has 3 rings (SSSR count). The maximum atomic E-state index is 13.7. The van der Waals surface area contributed by atoms with Crippen molar-refractivity contribution in [2.45, 2.75) is 11.8 Å². The average molecular weight is 349 g/mol. The van der Waals surface area contributed by atoms with Crippen LogP contribution in [0.25, 0.3) is 10.9 Å². The summed E-state index contributed by atoms with van der Waals surface area (Å²) < 4.78 is 26.9. The predicted molar refractivity (Wildman–Crippen MR) is 91.0 cm³/mol. The van der Waals surface area contributed by atoms with Crippen molar-refractivity contribution in [2.75, 3.05) is 0 Å². The van der Waals surface area contributed by atoms with Crippen molar-refractivity contribution < 1.29 is 8.78 Å². The summed E-state index contributed by atoms with van der Waals surface area (Å²) in [5.74, 6) is -1.93. The topological polar surface area (TPSA) is 36.7 Å². The molecule has 1 aromatic heterocycles. The predicted octanol–water partition coefficient (Wildman–Crippen LogP) is 5.18. The highest BCUT2D eigenvalue weighted by Crippen LogP contribution is 2.28. The van der Waals surface area contributed by atoms with Gasteiger partial charge in [-0.05, 0) is 36.8 Å². The van der Waals surface area contributed by atoms with Crippen LogP contribution in [0.1, 0.15) is 16.7 Å². The van der Waals surface area contributed by atoms with Crippen LogP contribution >= 0.6 is 24.2 Å². The minimum Gasteiger partial charge on any atom is -0.300 e. The zero-order chi connectivity index (χ0) is 16.7. The Kier molecular flexibility index (Phi) is 4.08. The molecule has 0 amide bonds. The van der Waals surface area contributed by atoms with Crippen molar-refractivity contribution in [3.05, 3.63) is 69.9 Å². The monoisotopic (exact) mass is 348 g/mol. The minimum absolute atomic E-state index is 0.0556. The van der Waals surface area contributed by atoms with Gasteiger partial charge in [0.25, 0.3) is 0 Å². The first-order chi connectivity index (χ1) is 10.9. The second kappa shape index (κ2) is 5.91. The van der Waals surface area contributed by atoms with Gasteiger partial charge in [-0.2, -0.15) is 0 Å². The number of thiol groups is 1. The third-order valence-corrected chi connectivity index (χ3v) is 4.65. The highest BCUT2D eigenvalue weighted by atomic mass is 35.5. The Balaban J connectivity index is 2.12. The maximum Gasteiger partial charge on any atom is 0.184 e. The van der Waals surface area contributed by atoms with Gasteiger partial charge in [0.05, 0.1) is 5.71 Å². The smallest absolute Gasteiger partial charge is 0.184 e. The highest BCUT2D eigenvalue weighted by Gasteiger charge is 2.14. The third kappa shape index (κ3) is 2.71. The largest absolute Gasteiger partial charge is 0.300 e. The minimum atomic E-state index is -0.988. The summed E-state index contributed by atoms with van der Waals surface area (Å²) in [5.41, 5.74) is 1.99. The molecule has 6 heteroatoms. The van der Waals surface area contributed by atoms with Gasteiger partial charge < -0.3 is 0 Å². The zero-order valence-electron chi connectivity index (χ0n) is 12.0. The van der Waals surface area contributed by atoms with Gasteiger partial charge in [0.1, 0.15) is 5.52 Å². The number of nitrogens with one attached hydrogen (secondary N) is 1. The van der Waals surface area contributed by atoms with E-state index in [1.54, 1.807) is 18.2 Å². The first-order valence-electron chi connectivity index (χ1n) is 6.71. The Labute approximate surface area is 142 Å². The quantitative estimate of drug-likeness (QED) is 0.486. The molecular formula is C17H11ClF2N2S. The lowest BCUT2D eigenvalue weighted by Crippen LogP contribution is -2.05. The molecule has 0 saturated heterocycles. The van der Waals surface area contributed by atoms with E-state index in [0.717, 1.165) is 11.6 Å². The SMILES string of the molecule is Cc1c(Cl)ccc(C(=N)c2cnc3c(F)c(F)ccc3c2)c1S. The van der Waals surface area contributed by atoms with Gasteiger partial charge in [-0.15, -0.1) is 12.6 Å². The summed E-state index contributed by atoms with van der Waals surface area (Å²) in [6, 6.07) is 7.49. The molecule has 0 unspecified atom stereocenters. The van der Waals surface area contributed by atoms with E-state index in [1.807, 2.05) is 6.92 Å². The second-order valence-corrected chi connectivity index (χ2v) is 5.96. The summed E-state index contributed by atoms with van der Waals surface area (Å²) in [4.78, 5) is 4.56. The second-order valence-electron chi connectivity index (χ2n) is 5.10. The number of aromatic nitrogens is 1. The van der Waals surface area contributed by atoms with Crippen LogP contribution in [0.15, 0.2) is 41.4 Å². The van der Waals surface area contributed by atoms with E-state index in [2.05, 4.69) is 17.6 Å². The fraction of sp³-hybridized carbons (Fsp3) is 0.0588. The molecule has 0 spiro atoms. The van der Waals surface area contributed by atoms with Crippen molar-refractivity contribution in [1.29, 1.82) is 5.41 Å². The summed E-state index contributed by atoms with van der Waals surface area (Å²) in [6.45, 7) is 1.82. The van der Waals surface area contributed by atoms with Crippen molar-refractivity contribution >= 4 is 40.8 Å². The Morgan fingerprint density at radius 2 is 1.96 bits per heavy atom. The van der Waals surface area contributed by atoms with Gasteiger partial charge in [-0.1, -0.05) is 17.7 Å². The molecule has 0 saturated carbocycles. The van der Waals surface area contributed by atoms with E-state index < -0.39 is 11.6 Å². The molecule has 0 aliphatic heterocycles. The number of pyridine rings is 1. The summed E-state index contributed by atoms with van der Waals surface area (Å²) >= 11 is 10.5. The van der Waals surface area contributed by atoms with Crippen molar-refractivity contribution in [3.63, 3.8) is 0 Å². The molecule has 116 valence electrons. The normalized spacial score (nSPS) is 11.0. The van der Waals surface area contributed by atoms with Crippen LogP contribution in [-0.4, -0.2) is 10.7 Å². The lowest BCUT2D eigenvalue weighted by Gasteiger charge is -2.11. The van der Waals surface area contributed by atoms with Crippen LogP contribution in [0.3, 0.4) is 0 Å². The van der Waals surface area contributed by atoms with Crippen molar-refractivity contribution in [2.24, 2.45) is 0 Å². The van der Waals surface area contributed by atoms with E-state index in [-0.39, 0.29) is 11.2 Å². The van der Waals surface area contributed by atoms with Crippen LogP contribution in [0.5, 0.6) is 0 Å². The summed E-state index contributed by atoms with van der Waals surface area (Å²) in [5, 5.41) is 9.35. The number of halogens is 3. The molecule has 2 aromatic carbocycles. The molecule has 23 heavy (non-hydrogen) atoms. The van der Waals surface area contributed by atoms with Gasteiger partial charge in [0.2, 0.25) is 0 Å².